The van der Waals surface area contributed by atoms with E-state index < -0.39 is 28.3 Å². The molecule has 0 fully saturated rings. The lowest BCUT2D eigenvalue weighted by Gasteiger charge is -2.25. The van der Waals surface area contributed by atoms with E-state index in [-0.39, 0.29) is 21.4 Å². The molecule has 1 N–H and O–H groups in total. The molecule has 1 amide bonds. The molecule has 35 heavy (non-hydrogen) atoms. The monoisotopic (exact) mass is 520 g/mol. The topological polar surface area (TPSA) is 84.9 Å². The zero-order valence-corrected chi connectivity index (χ0v) is 21.6. The Balaban J connectivity index is 2.05. The lowest BCUT2D eigenvalue weighted by Crippen LogP contribution is -2.38. The minimum Gasteiger partial charge on any atom is -0.493 e. The van der Waals surface area contributed by atoms with Crippen LogP contribution < -0.4 is 19.1 Å². The number of hydrogen-bond acceptors (Lipinski definition) is 5. The number of benzene rings is 3. The van der Waals surface area contributed by atoms with Crippen molar-refractivity contribution in [1.82, 2.24) is 0 Å². The molecule has 0 aromatic heterocycles. The van der Waals surface area contributed by atoms with Gasteiger partial charge < -0.3 is 14.8 Å². The first-order valence-electron chi connectivity index (χ1n) is 10.6. The highest BCUT2D eigenvalue weighted by atomic mass is 35.5. The number of aryl methyl sites for hydroxylation is 3. The van der Waals surface area contributed by atoms with Gasteiger partial charge in [0, 0.05) is 11.8 Å². The van der Waals surface area contributed by atoms with Crippen molar-refractivity contribution in [2.45, 2.75) is 25.7 Å². The Morgan fingerprint density at radius 2 is 1.60 bits per heavy atom. The minimum atomic E-state index is -4.30. The zero-order valence-electron chi connectivity index (χ0n) is 20.0. The molecule has 186 valence electrons. The normalized spacial score (nSPS) is 11.2. The van der Waals surface area contributed by atoms with Crippen LogP contribution in [-0.2, 0) is 14.8 Å². The van der Waals surface area contributed by atoms with E-state index in [0.29, 0.717) is 11.4 Å². The van der Waals surface area contributed by atoms with Crippen LogP contribution in [0, 0.1) is 26.6 Å². The number of sulfonamides is 1. The van der Waals surface area contributed by atoms with Crippen molar-refractivity contribution >= 4 is 38.9 Å². The van der Waals surface area contributed by atoms with Gasteiger partial charge in [-0.1, -0.05) is 29.3 Å². The molecule has 3 aromatic rings. The maximum absolute atomic E-state index is 13.8. The number of hydrogen-bond donors (Lipinski definition) is 1. The minimum absolute atomic E-state index is 0.0266. The molecule has 0 aliphatic rings. The quantitative estimate of drug-likeness (QED) is 0.438. The van der Waals surface area contributed by atoms with Gasteiger partial charge in [0.15, 0.2) is 11.5 Å². The van der Waals surface area contributed by atoms with Gasteiger partial charge in [-0.2, -0.15) is 0 Å². The fourth-order valence-electron chi connectivity index (χ4n) is 3.75. The van der Waals surface area contributed by atoms with Crippen LogP contribution in [0.4, 0.5) is 15.8 Å². The molecule has 0 heterocycles. The lowest BCUT2D eigenvalue weighted by molar-refractivity contribution is -0.114. The summed E-state index contributed by atoms with van der Waals surface area (Å²) in [5.41, 5.74) is 3.35. The molecule has 0 aliphatic heterocycles. The molecule has 0 spiro atoms. The summed E-state index contributed by atoms with van der Waals surface area (Å²) in [7, 11) is -1.49. The summed E-state index contributed by atoms with van der Waals surface area (Å²) >= 11 is 5.93. The summed E-state index contributed by atoms with van der Waals surface area (Å²) in [5.74, 6) is -0.759. The molecule has 3 aromatic carbocycles. The second-order valence-corrected chi connectivity index (χ2v) is 10.2. The van der Waals surface area contributed by atoms with Crippen LogP contribution in [0.1, 0.15) is 16.7 Å². The summed E-state index contributed by atoms with van der Waals surface area (Å²) in [6.45, 7) is 5.08. The maximum atomic E-state index is 13.8. The lowest BCUT2D eigenvalue weighted by atomic mass is 10.1. The number of nitrogens with one attached hydrogen (secondary N) is 1. The van der Waals surface area contributed by atoms with Crippen LogP contribution in [-0.4, -0.2) is 35.1 Å². The second kappa shape index (κ2) is 10.5. The van der Waals surface area contributed by atoms with Crippen molar-refractivity contribution in [3.8, 4) is 11.5 Å². The molecule has 0 unspecified atom stereocenters. The van der Waals surface area contributed by atoms with Crippen LogP contribution >= 0.6 is 11.6 Å². The van der Waals surface area contributed by atoms with Crippen LogP contribution in [0.5, 0.6) is 11.5 Å². The van der Waals surface area contributed by atoms with Crippen molar-refractivity contribution in [3.05, 3.63) is 76.1 Å². The van der Waals surface area contributed by atoms with Crippen molar-refractivity contribution in [1.29, 1.82) is 0 Å². The van der Waals surface area contributed by atoms with Crippen molar-refractivity contribution in [2.75, 3.05) is 30.4 Å². The molecule has 0 saturated heterocycles. The van der Waals surface area contributed by atoms with Crippen LogP contribution in [0.15, 0.2) is 53.4 Å². The van der Waals surface area contributed by atoms with Crippen molar-refractivity contribution < 1.29 is 27.1 Å². The van der Waals surface area contributed by atoms with E-state index >= 15 is 0 Å². The van der Waals surface area contributed by atoms with Gasteiger partial charge in [0.25, 0.3) is 10.0 Å². The van der Waals surface area contributed by atoms with Gasteiger partial charge in [0.1, 0.15) is 12.4 Å². The molecule has 7 nitrogen and oxygen atoms in total. The van der Waals surface area contributed by atoms with Crippen LogP contribution in [0.2, 0.25) is 5.02 Å². The fraction of sp³-hybridized carbons (Fsp3) is 0.240. The fourth-order valence-corrected chi connectivity index (χ4v) is 5.35. The third-order valence-electron chi connectivity index (χ3n) is 5.36. The first kappa shape index (κ1) is 26.3. The Kier molecular flexibility index (Phi) is 7.92. The summed E-state index contributed by atoms with van der Waals surface area (Å²) in [6, 6.07) is 11.3. The Bertz CT molecular complexity index is 1360. The highest BCUT2D eigenvalue weighted by molar-refractivity contribution is 7.92. The van der Waals surface area contributed by atoms with Gasteiger partial charge in [-0.05, 0) is 62.2 Å². The van der Waals surface area contributed by atoms with E-state index in [4.69, 9.17) is 21.1 Å². The average molecular weight is 521 g/mol. The number of carbonyl (C=O) groups is 1. The largest absolute Gasteiger partial charge is 0.493 e. The predicted molar refractivity (Wildman–Crippen MR) is 135 cm³/mol. The molecule has 10 heteroatoms. The average Bonchev–Trinajstić information content (AvgIpc) is 2.81. The Hall–Kier alpha value is -3.30. The van der Waals surface area contributed by atoms with Gasteiger partial charge in [-0.25, -0.2) is 12.8 Å². The second-order valence-electron chi connectivity index (χ2n) is 7.95. The standard InChI is InChI=1S/C25H26ClFN2O5S/c1-15-10-16(2)25(17(3)11-15)28-24(30)14-29(18-6-8-21(27)20(26)12-18)35(31,32)19-7-9-22(33-4)23(13-19)34-5/h6-13H,14H2,1-5H3,(H,28,30). The number of rotatable bonds is 8. The molecular formula is C25H26ClFN2O5S. The van der Waals surface area contributed by atoms with Crippen molar-refractivity contribution in [3.63, 3.8) is 0 Å². The number of nitrogens with zero attached hydrogens (tertiary/aromatic N) is 1. The molecule has 0 bridgehead atoms. The van der Waals surface area contributed by atoms with E-state index in [9.17, 15) is 17.6 Å². The third kappa shape index (κ3) is 5.68. The van der Waals surface area contributed by atoms with Crippen molar-refractivity contribution in [2.24, 2.45) is 0 Å². The number of halogens is 2. The van der Waals surface area contributed by atoms with Gasteiger partial charge in [-0.3, -0.25) is 9.10 Å². The van der Waals surface area contributed by atoms with Gasteiger partial charge in [0.2, 0.25) is 5.91 Å². The molecule has 3 rings (SSSR count). The summed E-state index contributed by atoms with van der Waals surface area (Å²) in [5, 5.41) is 2.52. The van der Waals surface area contributed by atoms with E-state index in [2.05, 4.69) is 5.32 Å². The van der Waals surface area contributed by atoms with Gasteiger partial charge >= 0.3 is 0 Å². The van der Waals surface area contributed by atoms with E-state index in [0.717, 1.165) is 33.1 Å². The van der Waals surface area contributed by atoms with E-state index in [1.54, 1.807) is 0 Å². The molecular weight excluding hydrogens is 495 g/mol. The number of carbonyl (C=O) groups excluding carboxylic acids is 1. The Morgan fingerprint density at radius 3 is 2.17 bits per heavy atom. The molecule has 0 saturated carbocycles. The number of ether oxygens (including phenoxy) is 2. The summed E-state index contributed by atoms with van der Waals surface area (Å²) in [4.78, 5) is 12.9. The first-order chi connectivity index (χ1) is 16.5. The Labute approximate surface area is 209 Å². The van der Waals surface area contributed by atoms with Crippen LogP contribution in [0.25, 0.3) is 0 Å². The van der Waals surface area contributed by atoms with E-state index in [1.807, 2.05) is 32.9 Å². The third-order valence-corrected chi connectivity index (χ3v) is 7.42. The number of anilines is 2. The first-order valence-corrected chi connectivity index (χ1v) is 12.4. The predicted octanol–water partition coefficient (Wildman–Crippen LogP) is 5.26. The highest BCUT2D eigenvalue weighted by Gasteiger charge is 2.29. The molecule has 0 radical (unpaired) electrons. The smallest absolute Gasteiger partial charge is 0.264 e. The van der Waals surface area contributed by atoms with Gasteiger partial charge in [-0.15, -0.1) is 0 Å². The zero-order chi connectivity index (χ0) is 25.9. The number of amides is 1. The highest BCUT2D eigenvalue weighted by Crippen LogP contribution is 2.33. The maximum Gasteiger partial charge on any atom is 0.264 e. The number of methoxy groups -OCH3 is 2. The summed E-state index contributed by atoms with van der Waals surface area (Å²) in [6.07, 6.45) is 0. The van der Waals surface area contributed by atoms with Gasteiger partial charge in [0.05, 0.1) is 29.8 Å². The van der Waals surface area contributed by atoms with Crippen LogP contribution in [0.3, 0.4) is 0 Å². The summed E-state index contributed by atoms with van der Waals surface area (Å²) < 4.78 is 52.5. The molecule has 0 aliphatic carbocycles. The molecule has 0 atom stereocenters. The van der Waals surface area contributed by atoms with E-state index in [1.165, 1.54) is 38.5 Å². The SMILES string of the molecule is COc1ccc(S(=O)(=O)N(CC(=O)Nc2c(C)cc(C)cc2C)c2ccc(F)c(Cl)c2)cc1OC. The Morgan fingerprint density at radius 1 is 0.971 bits per heavy atom.